The van der Waals surface area contributed by atoms with E-state index in [0.29, 0.717) is 13.2 Å². The van der Waals surface area contributed by atoms with E-state index in [2.05, 4.69) is 5.10 Å². The molecule has 5 nitrogen and oxygen atoms in total. The van der Waals surface area contributed by atoms with Crippen molar-refractivity contribution in [1.29, 1.82) is 0 Å². The van der Waals surface area contributed by atoms with Crippen LogP contribution in [0.2, 0.25) is 0 Å². The van der Waals surface area contributed by atoms with E-state index in [1.54, 1.807) is 4.68 Å². The fourth-order valence-corrected chi connectivity index (χ4v) is 2.10. The number of Topliss-reactive ketones (excluding diaryl/α,β-unsaturated/α-hetero) is 1. The highest BCUT2D eigenvalue weighted by atomic mass is 16.5. The molecule has 0 aliphatic carbocycles. The molecule has 1 fully saturated rings. The minimum Gasteiger partial charge on any atom is -0.381 e. The van der Waals surface area contributed by atoms with Crippen LogP contribution >= 0.6 is 0 Å². The predicted molar refractivity (Wildman–Crippen MR) is 63.5 cm³/mol. The van der Waals surface area contributed by atoms with Gasteiger partial charge in [-0.2, -0.15) is 5.10 Å². The van der Waals surface area contributed by atoms with Gasteiger partial charge in [0.15, 0.2) is 5.78 Å². The van der Waals surface area contributed by atoms with Crippen molar-refractivity contribution < 1.29 is 9.53 Å². The summed E-state index contributed by atoms with van der Waals surface area (Å²) >= 11 is 0. The Morgan fingerprint density at radius 1 is 1.71 bits per heavy atom. The average molecular weight is 237 g/mol. The van der Waals surface area contributed by atoms with Crippen LogP contribution in [0.3, 0.4) is 0 Å². The molecule has 1 unspecified atom stereocenters. The first-order valence-corrected chi connectivity index (χ1v) is 5.91. The number of aromatic nitrogens is 2. The van der Waals surface area contributed by atoms with E-state index in [-0.39, 0.29) is 11.7 Å². The molecule has 0 amide bonds. The normalized spacial score (nSPS) is 20.1. The molecule has 5 heteroatoms. The molecule has 0 saturated carbocycles. The van der Waals surface area contributed by atoms with Gasteiger partial charge in [-0.1, -0.05) is 0 Å². The van der Waals surface area contributed by atoms with Gasteiger partial charge < -0.3 is 4.74 Å². The fourth-order valence-electron chi connectivity index (χ4n) is 2.10. The molecule has 1 aromatic rings. The molecule has 0 bridgehead atoms. The monoisotopic (exact) mass is 237 g/mol. The third kappa shape index (κ3) is 3.38. The second-order valence-corrected chi connectivity index (χ2v) is 4.72. The standard InChI is InChI=1S/C12H19N3O2/c1-14(6-10-5-13-15(2)7-10)8-12(16)11-3-4-17-9-11/h5,7,11H,3-4,6,8-9H2,1-2H3. The molecule has 17 heavy (non-hydrogen) atoms. The number of rotatable bonds is 5. The minimum atomic E-state index is 0.103. The molecule has 94 valence electrons. The van der Waals surface area contributed by atoms with Crippen LogP contribution in [0.4, 0.5) is 0 Å². The van der Waals surface area contributed by atoms with Crippen LogP contribution in [0.1, 0.15) is 12.0 Å². The highest BCUT2D eigenvalue weighted by molar-refractivity contribution is 5.83. The Hall–Kier alpha value is -1.20. The molecule has 1 saturated heterocycles. The number of hydrogen-bond donors (Lipinski definition) is 0. The Kier molecular flexibility index (Phi) is 3.91. The first-order chi connectivity index (χ1) is 8.15. The molecule has 2 heterocycles. The summed E-state index contributed by atoms with van der Waals surface area (Å²) in [5, 5.41) is 4.11. The average Bonchev–Trinajstić information content (AvgIpc) is 2.89. The van der Waals surface area contributed by atoms with Crippen LogP contribution in [0, 0.1) is 5.92 Å². The largest absolute Gasteiger partial charge is 0.381 e. The second-order valence-electron chi connectivity index (χ2n) is 4.72. The molecule has 0 aromatic carbocycles. The number of nitrogens with zero attached hydrogens (tertiary/aromatic N) is 3. The van der Waals surface area contributed by atoms with Crippen LogP contribution in [0.15, 0.2) is 12.4 Å². The first-order valence-electron chi connectivity index (χ1n) is 5.91. The van der Waals surface area contributed by atoms with Crippen LogP contribution in [0.25, 0.3) is 0 Å². The topological polar surface area (TPSA) is 47.4 Å². The smallest absolute Gasteiger partial charge is 0.152 e. The van der Waals surface area contributed by atoms with E-state index in [1.807, 2.05) is 31.4 Å². The van der Waals surface area contributed by atoms with Crippen molar-refractivity contribution in [2.24, 2.45) is 13.0 Å². The Balaban J connectivity index is 1.80. The maximum absolute atomic E-state index is 11.9. The number of ether oxygens (including phenoxy) is 1. The molecular formula is C12H19N3O2. The van der Waals surface area contributed by atoms with Gasteiger partial charge in [0.05, 0.1) is 19.3 Å². The van der Waals surface area contributed by atoms with Gasteiger partial charge >= 0.3 is 0 Å². The van der Waals surface area contributed by atoms with E-state index in [1.165, 1.54) is 0 Å². The summed E-state index contributed by atoms with van der Waals surface area (Å²) < 4.78 is 7.00. The van der Waals surface area contributed by atoms with Crippen molar-refractivity contribution >= 4 is 5.78 Å². The predicted octanol–water partition coefficient (Wildman–Crippen LogP) is 0.457. The number of likely N-dealkylation sites (N-methyl/N-ethyl adjacent to an activating group) is 1. The summed E-state index contributed by atoms with van der Waals surface area (Å²) in [6.45, 7) is 2.57. The fraction of sp³-hybridized carbons (Fsp3) is 0.667. The maximum atomic E-state index is 11.9. The Bertz CT molecular complexity index is 383. The number of ketones is 1. The van der Waals surface area contributed by atoms with E-state index >= 15 is 0 Å². The van der Waals surface area contributed by atoms with Crippen LogP contribution < -0.4 is 0 Å². The summed E-state index contributed by atoms with van der Waals surface area (Å²) in [5.74, 6) is 0.389. The molecule has 1 aromatic heterocycles. The van der Waals surface area contributed by atoms with Gasteiger partial charge in [0.25, 0.3) is 0 Å². The highest BCUT2D eigenvalue weighted by Crippen LogP contribution is 2.14. The lowest BCUT2D eigenvalue weighted by atomic mass is 10.0. The Labute approximate surface area is 101 Å². The lowest BCUT2D eigenvalue weighted by molar-refractivity contribution is -0.123. The molecule has 1 aliphatic rings. The quantitative estimate of drug-likeness (QED) is 0.746. The van der Waals surface area contributed by atoms with Crippen molar-refractivity contribution in [1.82, 2.24) is 14.7 Å². The van der Waals surface area contributed by atoms with Crippen molar-refractivity contribution in [3.63, 3.8) is 0 Å². The van der Waals surface area contributed by atoms with Gasteiger partial charge in [0.1, 0.15) is 0 Å². The van der Waals surface area contributed by atoms with Crippen LogP contribution in [-0.4, -0.2) is 47.3 Å². The summed E-state index contributed by atoms with van der Waals surface area (Å²) in [6, 6.07) is 0. The van der Waals surface area contributed by atoms with Crippen molar-refractivity contribution in [2.45, 2.75) is 13.0 Å². The summed E-state index contributed by atoms with van der Waals surface area (Å²) in [5.41, 5.74) is 1.13. The van der Waals surface area contributed by atoms with Gasteiger partial charge in [0, 0.05) is 37.9 Å². The number of aryl methyl sites for hydroxylation is 1. The Morgan fingerprint density at radius 2 is 2.53 bits per heavy atom. The maximum Gasteiger partial charge on any atom is 0.152 e. The molecule has 2 rings (SSSR count). The van der Waals surface area contributed by atoms with Gasteiger partial charge in [-0.15, -0.1) is 0 Å². The summed E-state index contributed by atoms with van der Waals surface area (Å²) in [4.78, 5) is 13.9. The zero-order chi connectivity index (χ0) is 12.3. The third-order valence-corrected chi connectivity index (χ3v) is 3.02. The Morgan fingerprint density at radius 3 is 3.12 bits per heavy atom. The van der Waals surface area contributed by atoms with Gasteiger partial charge in [0.2, 0.25) is 0 Å². The van der Waals surface area contributed by atoms with Crippen LogP contribution in [0.5, 0.6) is 0 Å². The lowest BCUT2D eigenvalue weighted by Gasteiger charge is -2.16. The third-order valence-electron chi connectivity index (χ3n) is 3.02. The van der Waals surface area contributed by atoms with E-state index in [9.17, 15) is 4.79 Å². The van der Waals surface area contributed by atoms with Crippen LogP contribution in [-0.2, 0) is 23.1 Å². The van der Waals surface area contributed by atoms with Crippen molar-refractivity contribution in [2.75, 3.05) is 26.8 Å². The highest BCUT2D eigenvalue weighted by Gasteiger charge is 2.24. The zero-order valence-corrected chi connectivity index (χ0v) is 10.4. The molecule has 1 atom stereocenters. The lowest BCUT2D eigenvalue weighted by Crippen LogP contribution is -2.30. The summed E-state index contributed by atoms with van der Waals surface area (Å²) in [7, 11) is 3.85. The second kappa shape index (κ2) is 5.42. The van der Waals surface area contributed by atoms with E-state index < -0.39 is 0 Å². The van der Waals surface area contributed by atoms with Gasteiger partial charge in [-0.25, -0.2) is 0 Å². The number of carbonyl (C=O) groups excluding carboxylic acids is 1. The molecule has 0 N–H and O–H groups in total. The SMILES string of the molecule is CN(CC(=O)C1CCOC1)Cc1cnn(C)c1. The van der Waals surface area contributed by atoms with Crippen molar-refractivity contribution in [3.8, 4) is 0 Å². The zero-order valence-electron chi connectivity index (χ0n) is 10.4. The van der Waals surface area contributed by atoms with Gasteiger partial charge in [-0.05, 0) is 13.5 Å². The van der Waals surface area contributed by atoms with E-state index in [0.717, 1.165) is 25.1 Å². The molecular weight excluding hydrogens is 218 g/mol. The van der Waals surface area contributed by atoms with Gasteiger partial charge in [-0.3, -0.25) is 14.4 Å². The molecule has 0 radical (unpaired) electrons. The molecule has 1 aliphatic heterocycles. The van der Waals surface area contributed by atoms with Crippen molar-refractivity contribution in [3.05, 3.63) is 18.0 Å². The summed E-state index contributed by atoms with van der Waals surface area (Å²) in [6.07, 6.45) is 4.68. The molecule has 0 spiro atoms. The minimum absolute atomic E-state index is 0.103. The van der Waals surface area contributed by atoms with E-state index in [4.69, 9.17) is 4.74 Å². The first kappa shape index (κ1) is 12.3. The number of hydrogen-bond acceptors (Lipinski definition) is 4. The number of carbonyl (C=O) groups is 1.